The van der Waals surface area contributed by atoms with Crippen molar-refractivity contribution in [2.24, 2.45) is 0 Å². The van der Waals surface area contributed by atoms with Crippen LogP contribution in [0.5, 0.6) is 0 Å². The van der Waals surface area contributed by atoms with Gasteiger partial charge in [-0.2, -0.15) is 0 Å². The maximum Gasteiger partial charge on any atom is 0.132 e. The van der Waals surface area contributed by atoms with E-state index in [9.17, 15) is 0 Å². The first-order valence-corrected chi connectivity index (χ1v) is 6.14. The molecular weight excluding hydrogens is 226 g/mol. The van der Waals surface area contributed by atoms with Crippen LogP contribution in [0, 0.1) is 0 Å². The molecule has 0 saturated heterocycles. The summed E-state index contributed by atoms with van der Waals surface area (Å²) in [6.07, 6.45) is 3.60. The molecule has 0 spiro atoms. The average molecular weight is 233 g/mol. The molecule has 0 unspecified atom stereocenters. The number of rotatable bonds is 1. The fourth-order valence-electron chi connectivity index (χ4n) is 1.49. The summed E-state index contributed by atoms with van der Waals surface area (Å²) in [6, 6.07) is 2.00. The zero-order valence-corrected chi connectivity index (χ0v) is 9.31. The van der Waals surface area contributed by atoms with E-state index in [2.05, 4.69) is 9.97 Å². The zero-order valence-electron chi connectivity index (χ0n) is 7.68. The molecule has 0 bridgehead atoms. The summed E-state index contributed by atoms with van der Waals surface area (Å²) in [7, 11) is 0. The second kappa shape index (κ2) is 3.29. The van der Waals surface area contributed by atoms with Crippen molar-refractivity contribution in [1.29, 1.82) is 0 Å². The Bertz CT molecular complexity index is 598. The molecule has 0 aliphatic rings. The molecule has 0 saturated carbocycles. The van der Waals surface area contributed by atoms with Gasteiger partial charge in [0.25, 0.3) is 0 Å². The molecule has 0 fully saturated rings. The van der Waals surface area contributed by atoms with Gasteiger partial charge in [0, 0.05) is 33.4 Å². The summed E-state index contributed by atoms with van der Waals surface area (Å²) >= 11 is 3.29. The lowest BCUT2D eigenvalue weighted by molar-refractivity contribution is 1.35. The highest BCUT2D eigenvalue weighted by Gasteiger charge is 2.09. The minimum atomic E-state index is 0.589. The number of hydrogen-bond acceptors (Lipinski definition) is 5. The maximum atomic E-state index is 5.80. The summed E-state index contributed by atoms with van der Waals surface area (Å²) in [5, 5.41) is 6.01. The normalized spacial score (nSPS) is 10.9. The molecule has 0 aliphatic heterocycles. The van der Waals surface area contributed by atoms with E-state index in [4.69, 9.17) is 5.73 Å². The fraction of sp³-hybridized carbons (Fsp3) is 0. The SMILES string of the molecule is Nc1ncc(-c2nccs2)c2sccc12. The van der Waals surface area contributed by atoms with Crippen molar-refractivity contribution < 1.29 is 0 Å². The van der Waals surface area contributed by atoms with E-state index >= 15 is 0 Å². The van der Waals surface area contributed by atoms with Crippen LogP contribution in [0.25, 0.3) is 20.7 Å². The van der Waals surface area contributed by atoms with E-state index in [0.29, 0.717) is 5.82 Å². The first-order valence-electron chi connectivity index (χ1n) is 4.38. The van der Waals surface area contributed by atoms with E-state index in [-0.39, 0.29) is 0 Å². The Morgan fingerprint density at radius 2 is 2.07 bits per heavy atom. The number of thiazole rings is 1. The molecule has 0 atom stereocenters. The highest BCUT2D eigenvalue weighted by atomic mass is 32.1. The van der Waals surface area contributed by atoms with Gasteiger partial charge in [0.05, 0.1) is 0 Å². The Kier molecular flexibility index (Phi) is 1.93. The van der Waals surface area contributed by atoms with Gasteiger partial charge in [-0.25, -0.2) is 9.97 Å². The van der Waals surface area contributed by atoms with E-state index in [1.54, 1.807) is 35.1 Å². The van der Waals surface area contributed by atoms with Gasteiger partial charge < -0.3 is 5.73 Å². The van der Waals surface area contributed by atoms with Crippen LogP contribution in [0.4, 0.5) is 5.82 Å². The van der Waals surface area contributed by atoms with Crippen LogP contribution in [0.2, 0.25) is 0 Å². The number of nitrogen functional groups attached to an aromatic ring is 1. The minimum Gasteiger partial charge on any atom is -0.383 e. The smallest absolute Gasteiger partial charge is 0.132 e. The standard InChI is InChI=1S/C10H7N3S2/c11-9-6-1-3-14-8(6)7(5-13-9)10-12-2-4-15-10/h1-5H,(H2,11,13). The number of thiophene rings is 1. The topological polar surface area (TPSA) is 51.8 Å². The van der Waals surface area contributed by atoms with E-state index in [1.807, 2.05) is 16.8 Å². The van der Waals surface area contributed by atoms with Crippen LogP contribution in [0.15, 0.2) is 29.2 Å². The van der Waals surface area contributed by atoms with Gasteiger partial charge in [-0.3, -0.25) is 0 Å². The fourth-order valence-corrected chi connectivity index (χ4v) is 3.13. The van der Waals surface area contributed by atoms with Crippen molar-refractivity contribution in [3.63, 3.8) is 0 Å². The zero-order chi connectivity index (χ0) is 10.3. The Labute approximate surface area is 94.2 Å². The van der Waals surface area contributed by atoms with Crippen LogP contribution >= 0.6 is 22.7 Å². The minimum absolute atomic E-state index is 0.589. The number of aromatic nitrogens is 2. The third-order valence-corrected chi connectivity index (χ3v) is 3.94. The van der Waals surface area contributed by atoms with Gasteiger partial charge in [0.2, 0.25) is 0 Å². The average Bonchev–Trinajstić information content (AvgIpc) is 2.88. The highest BCUT2D eigenvalue weighted by molar-refractivity contribution is 7.19. The van der Waals surface area contributed by atoms with Crippen LogP contribution in [0.3, 0.4) is 0 Å². The number of anilines is 1. The second-order valence-corrected chi connectivity index (χ2v) is 4.87. The molecule has 0 aromatic carbocycles. The van der Waals surface area contributed by atoms with Gasteiger partial charge in [-0.15, -0.1) is 22.7 Å². The molecule has 2 N–H and O–H groups in total. The maximum absolute atomic E-state index is 5.80. The predicted octanol–water partition coefficient (Wildman–Crippen LogP) is 3.00. The molecule has 74 valence electrons. The first-order chi connectivity index (χ1) is 7.36. The van der Waals surface area contributed by atoms with Crippen molar-refractivity contribution in [2.45, 2.75) is 0 Å². The van der Waals surface area contributed by atoms with Crippen molar-refractivity contribution in [3.8, 4) is 10.6 Å². The van der Waals surface area contributed by atoms with Gasteiger partial charge in [0.1, 0.15) is 10.8 Å². The van der Waals surface area contributed by atoms with Crippen LogP contribution in [0.1, 0.15) is 0 Å². The largest absolute Gasteiger partial charge is 0.383 e. The van der Waals surface area contributed by atoms with Gasteiger partial charge in [-0.05, 0) is 11.4 Å². The molecule has 3 rings (SSSR count). The molecule has 3 aromatic rings. The molecule has 3 aromatic heterocycles. The summed E-state index contributed by atoms with van der Waals surface area (Å²) in [4.78, 5) is 8.48. The summed E-state index contributed by atoms with van der Waals surface area (Å²) in [6.45, 7) is 0. The third kappa shape index (κ3) is 1.32. The summed E-state index contributed by atoms with van der Waals surface area (Å²) < 4.78 is 1.16. The monoisotopic (exact) mass is 233 g/mol. The second-order valence-electron chi connectivity index (χ2n) is 3.06. The molecule has 0 radical (unpaired) electrons. The summed E-state index contributed by atoms with van der Waals surface area (Å²) in [5.41, 5.74) is 6.87. The molecule has 0 aliphatic carbocycles. The first kappa shape index (κ1) is 8.82. The number of pyridine rings is 1. The number of hydrogen-bond donors (Lipinski definition) is 1. The van der Waals surface area contributed by atoms with Crippen LogP contribution in [-0.4, -0.2) is 9.97 Å². The number of fused-ring (bicyclic) bond motifs is 1. The predicted molar refractivity (Wildman–Crippen MR) is 65.1 cm³/mol. The Morgan fingerprint density at radius 1 is 1.13 bits per heavy atom. The third-order valence-electron chi connectivity index (χ3n) is 2.18. The lowest BCUT2D eigenvalue weighted by atomic mass is 10.2. The number of nitrogens with two attached hydrogens (primary N) is 1. The molecule has 3 heterocycles. The summed E-state index contributed by atoms with van der Waals surface area (Å²) in [5.74, 6) is 0.589. The lowest BCUT2D eigenvalue weighted by Crippen LogP contribution is -1.90. The van der Waals surface area contributed by atoms with Gasteiger partial charge in [0.15, 0.2) is 0 Å². The van der Waals surface area contributed by atoms with Gasteiger partial charge >= 0.3 is 0 Å². The van der Waals surface area contributed by atoms with E-state index in [0.717, 1.165) is 20.7 Å². The molecular formula is C10H7N3S2. The Balaban J connectivity index is 2.37. The van der Waals surface area contributed by atoms with Crippen molar-refractivity contribution in [1.82, 2.24) is 9.97 Å². The van der Waals surface area contributed by atoms with E-state index in [1.165, 1.54) is 0 Å². The Morgan fingerprint density at radius 3 is 2.87 bits per heavy atom. The van der Waals surface area contributed by atoms with Crippen LogP contribution < -0.4 is 5.73 Å². The molecule has 5 heteroatoms. The molecule has 15 heavy (non-hydrogen) atoms. The van der Waals surface area contributed by atoms with Gasteiger partial charge in [-0.1, -0.05) is 0 Å². The highest BCUT2D eigenvalue weighted by Crippen LogP contribution is 2.34. The van der Waals surface area contributed by atoms with Crippen LogP contribution in [-0.2, 0) is 0 Å². The van der Waals surface area contributed by atoms with Crippen molar-refractivity contribution in [3.05, 3.63) is 29.2 Å². The van der Waals surface area contributed by atoms with E-state index < -0.39 is 0 Å². The molecule has 3 nitrogen and oxygen atoms in total. The van der Waals surface area contributed by atoms with Crippen molar-refractivity contribution >= 4 is 38.6 Å². The number of nitrogens with zero attached hydrogens (tertiary/aromatic N) is 2. The van der Waals surface area contributed by atoms with Crippen molar-refractivity contribution in [2.75, 3.05) is 5.73 Å². The quantitative estimate of drug-likeness (QED) is 0.703. The Hall–Kier alpha value is -1.46. The molecule has 0 amide bonds. The lowest BCUT2D eigenvalue weighted by Gasteiger charge is -2.00.